The fourth-order valence-corrected chi connectivity index (χ4v) is 0.967. The zero-order valence-corrected chi connectivity index (χ0v) is 8.63. The molecule has 14 heavy (non-hydrogen) atoms. The lowest BCUT2D eigenvalue weighted by atomic mass is 10.5. The normalized spacial score (nSPS) is 13.1. The lowest BCUT2D eigenvalue weighted by Gasteiger charge is -2.13. The van der Waals surface area contributed by atoms with Gasteiger partial charge < -0.3 is 27.2 Å². The highest BCUT2D eigenvalue weighted by Gasteiger charge is 1.99. The fourth-order valence-electron chi connectivity index (χ4n) is 0.967. The molecule has 0 spiro atoms. The van der Waals surface area contributed by atoms with Gasteiger partial charge in [-0.3, -0.25) is 5.32 Å². The number of aliphatic hydroxyl groups excluding tert-OH is 1. The average molecular weight is 205 g/mol. The molecule has 0 aromatic carbocycles. The van der Waals surface area contributed by atoms with E-state index >= 15 is 0 Å². The number of hydrogen-bond acceptors (Lipinski definition) is 6. The van der Waals surface area contributed by atoms with E-state index < -0.39 is 6.23 Å². The van der Waals surface area contributed by atoms with Crippen LogP contribution >= 0.6 is 0 Å². The van der Waals surface area contributed by atoms with Gasteiger partial charge in [-0.1, -0.05) is 0 Å². The van der Waals surface area contributed by atoms with E-state index in [4.69, 9.17) is 11.5 Å². The van der Waals surface area contributed by atoms with E-state index in [1.165, 1.54) is 0 Å². The van der Waals surface area contributed by atoms with Crippen molar-refractivity contribution in [1.82, 2.24) is 16.0 Å². The van der Waals surface area contributed by atoms with E-state index in [0.29, 0.717) is 19.6 Å². The summed E-state index contributed by atoms with van der Waals surface area (Å²) in [7, 11) is 0. The van der Waals surface area contributed by atoms with Crippen LogP contribution in [-0.2, 0) is 0 Å². The third-order valence-corrected chi connectivity index (χ3v) is 1.66. The highest BCUT2D eigenvalue weighted by molar-refractivity contribution is 4.59. The second kappa shape index (κ2) is 10.8. The van der Waals surface area contributed by atoms with Gasteiger partial charge in [0.05, 0.1) is 0 Å². The second-order valence-corrected chi connectivity index (χ2v) is 3.00. The molecule has 0 heterocycles. The molecule has 0 aliphatic heterocycles. The Morgan fingerprint density at radius 2 is 1.57 bits per heavy atom. The predicted molar refractivity (Wildman–Crippen MR) is 57.9 cm³/mol. The second-order valence-electron chi connectivity index (χ2n) is 3.00. The molecule has 0 radical (unpaired) electrons. The van der Waals surface area contributed by atoms with Gasteiger partial charge in [-0.15, -0.1) is 0 Å². The van der Waals surface area contributed by atoms with Gasteiger partial charge in [0, 0.05) is 45.8 Å². The van der Waals surface area contributed by atoms with Crippen LogP contribution in [0.15, 0.2) is 0 Å². The number of nitrogens with one attached hydrogen (secondary N) is 3. The zero-order chi connectivity index (χ0) is 10.6. The molecule has 6 heteroatoms. The molecule has 6 nitrogen and oxygen atoms in total. The Bertz CT molecular complexity index is 114. The van der Waals surface area contributed by atoms with Gasteiger partial charge in [-0.2, -0.15) is 0 Å². The summed E-state index contributed by atoms with van der Waals surface area (Å²) in [5.41, 5.74) is 10.6. The Kier molecular flexibility index (Phi) is 10.7. The van der Waals surface area contributed by atoms with Gasteiger partial charge >= 0.3 is 0 Å². The van der Waals surface area contributed by atoms with Crippen LogP contribution in [0.1, 0.15) is 0 Å². The van der Waals surface area contributed by atoms with Crippen LogP contribution in [0.4, 0.5) is 0 Å². The number of nitrogens with two attached hydrogens (primary N) is 2. The lowest BCUT2D eigenvalue weighted by molar-refractivity contribution is 0.136. The summed E-state index contributed by atoms with van der Waals surface area (Å²) in [5.74, 6) is 0. The molecule has 0 saturated carbocycles. The van der Waals surface area contributed by atoms with Gasteiger partial charge in [-0.25, -0.2) is 0 Å². The quantitative estimate of drug-likeness (QED) is 0.167. The van der Waals surface area contributed by atoms with Crippen molar-refractivity contribution < 1.29 is 5.11 Å². The maximum Gasteiger partial charge on any atom is 0.117 e. The van der Waals surface area contributed by atoms with Crippen molar-refractivity contribution in [1.29, 1.82) is 0 Å². The first-order chi connectivity index (χ1) is 6.81. The van der Waals surface area contributed by atoms with Crippen LogP contribution in [0.2, 0.25) is 0 Å². The van der Waals surface area contributed by atoms with Gasteiger partial charge in [-0.05, 0) is 0 Å². The number of rotatable bonds is 10. The van der Waals surface area contributed by atoms with Crippen molar-refractivity contribution in [2.75, 3.05) is 45.8 Å². The molecule has 1 unspecified atom stereocenters. The standard InChI is InChI=1S/C8H23N5O/c9-1-3-11-5-6-13-8(14)7-12-4-2-10/h8,11-14H,1-7,9-10H2. The summed E-state index contributed by atoms with van der Waals surface area (Å²) in [5, 5.41) is 18.4. The summed E-state index contributed by atoms with van der Waals surface area (Å²) in [6, 6.07) is 0. The first kappa shape index (κ1) is 13.8. The fraction of sp³-hybridized carbons (Fsp3) is 1.00. The predicted octanol–water partition coefficient (Wildman–Crippen LogP) is -3.01. The van der Waals surface area contributed by atoms with Gasteiger partial charge in [0.15, 0.2) is 0 Å². The molecule has 0 aromatic rings. The topological polar surface area (TPSA) is 108 Å². The minimum atomic E-state index is -0.513. The molecule has 0 bridgehead atoms. The minimum Gasteiger partial charge on any atom is -0.377 e. The zero-order valence-electron chi connectivity index (χ0n) is 8.63. The van der Waals surface area contributed by atoms with E-state index in [9.17, 15) is 5.11 Å². The summed E-state index contributed by atoms with van der Waals surface area (Å²) >= 11 is 0. The molecular weight excluding hydrogens is 182 g/mol. The third-order valence-electron chi connectivity index (χ3n) is 1.66. The SMILES string of the molecule is NCCNCCNC(O)CNCCN. The summed E-state index contributed by atoms with van der Waals surface area (Å²) in [6.07, 6.45) is -0.513. The van der Waals surface area contributed by atoms with Crippen LogP contribution in [0.3, 0.4) is 0 Å². The number of aliphatic hydroxyl groups is 1. The third kappa shape index (κ3) is 9.85. The van der Waals surface area contributed by atoms with Crippen molar-refractivity contribution in [3.05, 3.63) is 0 Å². The average Bonchev–Trinajstić information content (AvgIpc) is 2.18. The Labute approximate surface area is 85.4 Å². The van der Waals surface area contributed by atoms with Gasteiger partial charge in [0.1, 0.15) is 6.23 Å². The van der Waals surface area contributed by atoms with E-state index in [-0.39, 0.29) is 0 Å². The van der Waals surface area contributed by atoms with Crippen molar-refractivity contribution in [2.24, 2.45) is 11.5 Å². The van der Waals surface area contributed by atoms with Gasteiger partial charge in [0.25, 0.3) is 0 Å². The summed E-state index contributed by atoms with van der Waals surface area (Å²) in [6.45, 7) is 4.82. The van der Waals surface area contributed by atoms with Crippen molar-refractivity contribution in [3.8, 4) is 0 Å². The molecule has 1 atom stereocenters. The molecule has 86 valence electrons. The van der Waals surface area contributed by atoms with Crippen LogP contribution < -0.4 is 27.4 Å². The van der Waals surface area contributed by atoms with Crippen molar-refractivity contribution in [2.45, 2.75) is 6.23 Å². The molecule has 0 fully saturated rings. The van der Waals surface area contributed by atoms with E-state index in [0.717, 1.165) is 26.2 Å². The largest absolute Gasteiger partial charge is 0.377 e. The Hall–Kier alpha value is -0.240. The molecule has 0 aromatic heterocycles. The van der Waals surface area contributed by atoms with Crippen molar-refractivity contribution in [3.63, 3.8) is 0 Å². The summed E-state index contributed by atoms with van der Waals surface area (Å²) in [4.78, 5) is 0. The van der Waals surface area contributed by atoms with Crippen LogP contribution in [0.25, 0.3) is 0 Å². The Morgan fingerprint density at radius 3 is 2.21 bits per heavy atom. The van der Waals surface area contributed by atoms with Crippen molar-refractivity contribution >= 4 is 0 Å². The first-order valence-electron chi connectivity index (χ1n) is 5.04. The van der Waals surface area contributed by atoms with E-state index in [1.54, 1.807) is 0 Å². The number of hydrogen-bond donors (Lipinski definition) is 6. The Morgan fingerprint density at radius 1 is 0.929 bits per heavy atom. The molecule has 0 rings (SSSR count). The van der Waals surface area contributed by atoms with Crippen LogP contribution in [0.5, 0.6) is 0 Å². The van der Waals surface area contributed by atoms with E-state index in [1.807, 2.05) is 0 Å². The molecule has 0 saturated heterocycles. The minimum absolute atomic E-state index is 0.513. The molecule has 0 amide bonds. The van der Waals surface area contributed by atoms with Crippen LogP contribution in [-0.4, -0.2) is 57.1 Å². The summed E-state index contributed by atoms with van der Waals surface area (Å²) < 4.78 is 0. The van der Waals surface area contributed by atoms with Gasteiger partial charge in [0.2, 0.25) is 0 Å². The maximum absolute atomic E-state index is 9.37. The Balaban J connectivity index is 3.06. The highest BCUT2D eigenvalue weighted by atomic mass is 16.3. The maximum atomic E-state index is 9.37. The molecule has 0 aliphatic rings. The van der Waals surface area contributed by atoms with E-state index in [2.05, 4.69) is 16.0 Å². The lowest BCUT2D eigenvalue weighted by Crippen LogP contribution is -2.42. The smallest absolute Gasteiger partial charge is 0.117 e. The monoisotopic (exact) mass is 205 g/mol. The first-order valence-corrected chi connectivity index (χ1v) is 5.04. The highest BCUT2D eigenvalue weighted by Crippen LogP contribution is 1.72. The van der Waals surface area contributed by atoms with Crippen LogP contribution in [0, 0.1) is 0 Å². The molecular formula is C8H23N5O. The molecule has 0 aliphatic carbocycles. The molecule has 8 N–H and O–H groups in total.